The number of aromatic nitrogens is 4. The molecule has 0 aliphatic carbocycles. The van der Waals surface area contributed by atoms with Crippen LogP contribution in [0, 0.1) is 16.0 Å². The van der Waals surface area contributed by atoms with Crippen molar-refractivity contribution in [3.8, 4) is 0 Å². The highest BCUT2D eigenvalue weighted by atomic mass is 16.6. The average molecular weight is 398 g/mol. The molecule has 29 heavy (non-hydrogen) atoms. The van der Waals surface area contributed by atoms with Crippen molar-refractivity contribution < 1.29 is 9.72 Å². The minimum absolute atomic E-state index is 0.00330. The maximum absolute atomic E-state index is 12.7. The number of carbonyl (C=O) groups is 1. The van der Waals surface area contributed by atoms with E-state index in [1.54, 1.807) is 16.8 Å². The summed E-state index contributed by atoms with van der Waals surface area (Å²) in [7, 11) is 0. The molecule has 2 heterocycles. The van der Waals surface area contributed by atoms with Gasteiger partial charge in [0.2, 0.25) is 5.91 Å². The first-order chi connectivity index (χ1) is 13.8. The third-order valence-electron chi connectivity index (χ3n) is 4.36. The summed E-state index contributed by atoms with van der Waals surface area (Å²) in [6, 6.07) is 6.02. The molecule has 0 atom stereocenters. The Morgan fingerprint density at radius 1 is 1.28 bits per heavy atom. The number of nitro groups is 1. The molecule has 3 rings (SSSR count). The number of nitrogens with zero attached hydrogens (tertiary/aromatic N) is 5. The molecule has 0 saturated carbocycles. The van der Waals surface area contributed by atoms with Crippen molar-refractivity contribution in [2.45, 2.75) is 33.4 Å². The Morgan fingerprint density at radius 3 is 2.66 bits per heavy atom. The number of benzene rings is 1. The lowest BCUT2D eigenvalue weighted by Gasteiger charge is -2.08. The number of nitrogens with one attached hydrogen (secondary N) is 1. The summed E-state index contributed by atoms with van der Waals surface area (Å²) >= 11 is 0. The largest absolute Gasteiger partial charge is 0.354 e. The maximum atomic E-state index is 12.7. The quantitative estimate of drug-likeness (QED) is 0.455. The van der Waals surface area contributed by atoms with Gasteiger partial charge in [0.1, 0.15) is 11.7 Å². The smallest absolute Gasteiger partial charge is 0.269 e. The average Bonchev–Trinajstić information content (AvgIpc) is 3.07. The van der Waals surface area contributed by atoms with Gasteiger partial charge < -0.3 is 5.32 Å². The fourth-order valence-corrected chi connectivity index (χ4v) is 2.94. The van der Waals surface area contributed by atoms with Gasteiger partial charge in [-0.25, -0.2) is 9.67 Å². The minimum Gasteiger partial charge on any atom is -0.354 e. The van der Waals surface area contributed by atoms with E-state index in [1.165, 1.54) is 29.2 Å². The second-order valence-corrected chi connectivity index (χ2v) is 7.15. The van der Waals surface area contributed by atoms with Gasteiger partial charge in [0, 0.05) is 25.1 Å². The van der Waals surface area contributed by atoms with Crippen LogP contribution in [0.3, 0.4) is 0 Å². The number of non-ortho nitro benzene ring substituents is 1. The summed E-state index contributed by atoms with van der Waals surface area (Å²) in [4.78, 5) is 39.0. The van der Waals surface area contributed by atoms with Gasteiger partial charge in [-0.2, -0.15) is 5.10 Å². The molecule has 0 spiro atoms. The van der Waals surface area contributed by atoms with Crippen LogP contribution < -0.4 is 10.9 Å². The SMILES string of the molecule is CC(C)CC(=O)NCCn1ncc2c(=O)n(Cc3ccc([N+](=O)[O-])cc3)cnc21. The van der Waals surface area contributed by atoms with Crippen LogP contribution in [0.2, 0.25) is 0 Å². The molecule has 0 unspecified atom stereocenters. The second kappa shape index (κ2) is 8.63. The molecule has 0 saturated heterocycles. The Labute approximate surface area is 166 Å². The number of fused-ring (bicyclic) bond motifs is 1. The van der Waals surface area contributed by atoms with E-state index < -0.39 is 4.92 Å². The Morgan fingerprint density at radius 2 is 2.00 bits per heavy atom. The van der Waals surface area contributed by atoms with Gasteiger partial charge in [0.05, 0.1) is 24.2 Å². The number of nitro benzene ring substituents is 1. The molecule has 0 bridgehead atoms. The summed E-state index contributed by atoms with van der Waals surface area (Å²) < 4.78 is 3.02. The first-order valence-corrected chi connectivity index (χ1v) is 9.26. The molecule has 0 aliphatic rings. The zero-order valence-electron chi connectivity index (χ0n) is 16.2. The summed E-state index contributed by atoms with van der Waals surface area (Å²) in [5.41, 5.74) is 0.951. The van der Waals surface area contributed by atoms with E-state index in [0.29, 0.717) is 30.5 Å². The Hall–Kier alpha value is -3.56. The van der Waals surface area contributed by atoms with Gasteiger partial charge in [-0.15, -0.1) is 0 Å². The molecule has 0 aliphatic heterocycles. The summed E-state index contributed by atoms with van der Waals surface area (Å²) in [6.45, 7) is 5.01. The first-order valence-electron chi connectivity index (χ1n) is 9.26. The molecule has 152 valence electrons. The van der Waals surface area contributed by atoms with Crippen molar-refractivity contribution in [1.82, 2.24) is 24.6 Å². The monoisotopic (exact) mass is 398 g/mol. The molecule has 1 N–H and O–H groups in total. The molecule has 0 radical (unpaired) electrons. The predicted octanol–water partition coefficient (Wildman–Crippen LogP) is 1.71. The normalized spacial score (nSPS) is 11.1. The maximum Gasteiger partial charge on any atom is 0.269 e. The van der Waals surface area contributed by atoms with Crippen LogP contribution in [-0.2, 0) is 17.9 Å². The summed E-state index contributed by atoms with van der Waals surface area (Å²) in [6.07, 6.45) is 3.36. The molecular formula is C19H22N6O4. The zero-order valence-corrected chi connectivity index (χ0v) is 16.2. The van der Waals surface area contributed by atoms with Crippen LogP contribution in [0.5, 0.6) is 0 Å². The highest BCUT2D eigenvalue weighted by molar-refractivity contribution is 5.76. The van der Waals surface area contributed by atoms with Crippen LogP contribution >= 0.6 is 0 Å². The van der Waals surface area contributed by atoms with Crippen LogP contribution in [-0.4, -0.2) is 36.7 Å². The lowest BCUT2D eigenvalue weighted by molar-refractivity contribution is -0.384. The minimum atomic E-state index is -0.469. The third kappa shape index (κ3) is 4.84. The van der Waals surface area contributed by atoms with Crippen molar-refractivity contribution >= 4 is 22.6 Å². The number of carbonyl (C=O) groups excluding carboxylic acids is 1. The van der Waals surface area contributed by atoms with Crippen LogP contribution in [0.25, 0.3) is 11.0 Å². The highest BCUT2D eigenvalue weighted by Crippen LogP contribution is 2.13. The van der Waals surface area contributed by atoms with Gasteiger partial charge in [-0.1, -0.05) is 26.0 Å². The van der Waals surface area contributed by atoms with Crippen molar-refractivity contribution in [2.24, 2.45) is 5.92 Å². The van der Waals surface area contributed by atoms with E-state index in [-0.39, 0.29) is 29.6 Å². The van der Waals surface area contributed by atoms with Crippen molar-refractivity contribution in [2.75, 3.05) is 6.54 Å². The van der Waals surface area contributed by atoms with Gasteiger partial charge in [0.25, 0.3) is 11.2 Å². The molecule has 10 heteroatoms. The Kier molecular flexibility index (Phi) is 6.01. The van der Waals surface area contributed by atoms with Gasteiger partial charge in [-0.3, -0.25) is 24.3 Å². The van der Waals surface area contributed by atoms with Crippen LogP contribution in [0.1, 0.15) is 25.8 Å². The zero-order chi connectivity index (χ0) is 21.0. The Balaban J connectivity index is 1.71. The van der Waals surface area contributed by atoms with Crippen molar-refractivity contribution in [3.63, 3.8) is 0 Å². The van der Waals surface area contributed by atoms with E-state index in [2.05, 4.69) is 15.4 Å². The molecule has 1 aromatic carbocycles. The molecule has 3 aromatic rings. The van der Waals surface area contributed by atoms with E-state index in [1.807, 2.05) is 13.8 Å². The molecule has 0 fully saturated rings. The van der Waals surface area contributed by atoms with Crippen LogP contribution in [0.4, 0.5) is 5.69 Å². The van der Waals surface area contributed by atoms with Gasteiger partial charge in [0.15, 0.2) is 5.65 Å². The van der Waals surface area contributed by atoms with E-state index in [9.17, 15) is 19.7 Å². The molecule has 10 nitrogen and oxygen atoms in total. The first kappa shape index (κ1) is 20.2. The topological polar surface area (TPSA) is 125 Å². The number of hydrogen-bond acceptors (Lipinski definition) is 6. The predicted molar refractivity (Wildman–Crippen MR) is 106 cm³/mol. The van der Waals surface area contributed by atoms with E-state index in [0.717, 1.165) is 5.56 Å². The van der Waals surface area contributed by atoms with Crippen LogP contribution in [0.15, 0.2) is 41.6 Å². The van der Waals surface area contributed by atoms with E-state index >= 15 is 0 Å². The molecular weight excluding hydrogens is 376 g/mol. The fraction of sp³-hybridized carbons (Fsp3) is 0.368. The summed E-state index contributed by atoms with van der Waals surface area (Å²) in [5.74, 6) is 0.270. The highest BCUT2D eigenvalue weighted by Gasteiger charge is 2.12. The second-order valence-electron chi connectivity index (χ2n) is 7.15. The van der Waals surface area contributed by atoms with Crippen molar-refractivity contribution in [3.05, 3.63) is 62.8 Å². The Bertz CT molecular complexity index is 1080. The van der Waals surface area contributed by atoms with E-state index in [4.69, 9.17) is 0 Å². The van der Waals surface area contributed by atoms with Gasteiger partial charge >= 0.3 is 0 Å². The van der Waals surface area contributed by atoms with Crippen molar-refractivity contribution in [1.29, 1.82) is 0 Å². The number of rotatable bonds is 8. The number of amides is 1. The standard InChI is InChI=1S/C19H22N6O4/c1-13(2)9-17(26)20-7-8-24-18-16(10-22-24)19(27)23(12-21-18)11-14-3-5-15(6-4-14)25(28)29/h3-6,10,12-13H,7-9,11H2,1-2H3,(H,20,26). The van der Waals surface area contributed by atoms with Gasteiger partial charge in [-0.05, 0) is 11.5 Å². The number of hydrogen-bond donors (Lipinski definition) is 1. The summed E-state index contributed by atoms with van der Waals surface area (Å²) in [5, 5.41) is 18.2. The molecule has 1 amide bonds. The third-order valence-corrected chi connectivity index (χ3v) is 4.36. The lowest BCUT2D eigenvalue weighted by Crippen LogP contribution is -2.28. The lowest BCUT2D eigenvalue weighted by atomic mass is 10.1. The fourth-order valence-electron chi connectivity index (χ4n) is 2.94. The molecule has 2 aromatic heterocycles.